The molecule has 0 heterocycles. The van der Waals surface area contributed by atoms with E-state index in [4.69, 9.17) is 9.47 Å². The second-order valence-electron chi connectivity index (χ2n) is 2.89. The van der Waals surface area contributed by atoms with Crippen LogP contribution in [0.2, 0.25) is 0 Å². The molecule has 0 amide bonds. The Bertz CT molecular complexity index is 139. The zero-order valence-corrected chi connectivity index (χ0v) is 10.7. The molecule has 2 nitrogen and oxygen atoms in total. The summed E-state index contributed by atoms with van der Waals surface area (Å²) in [4.78, 5) is 0. The Labute approximate surface area is 95.0 Å². The summed E-state index contributed by atoms with van der Waals surface area (Å²) in [6, 6.07) is 0. The smallest absolute Gasteiger partial charge is 0.0870 e. The minimum absolute atomic E-state index is 0.774. The number of hydrogen-bond donors (Lipinski definition) is 0. The maximum atomic E-state index is 5.04. The van der Waals surface area contributed by atoms with Gasteiger partial charge in [-0.1, -0.05) is 32.9 Å². The Morgan fingerprint density at radius 1 is 0.800 bits per heavy atom. The van der Waals surface area contributed by atoms with Crippen molar-refractivity contribution in [2.45, 2.75) is 47.0 Å². The molecule has 0 aliphatic heterocycles. The van der Waals surface area contributed by atoms with Gasteiger partial charge >= 0.3 is 0 Å². The largest absolute Gasteiger partial charge is 0.502 e. The molecule has 0 atom stereocenters. The molecule has 0 spiro atoms. The Morgan fingerprint density at radius 2 is 1.33 bits per heavy atom. The van der Waals surface area contributed by atoms with Crippen LogP contribution in [-0.4, -0.2) is 13.2 Å². The molecule has 0 N–H and O–H groups in total. The second kappa shape index (κ2) is 18.8. The lowest BCUT2D eigenvalue weighted by molar-refractivity contribution is 0.249. The highest BCUT2D eigenvalue weighted by atomic mass is 16.5. The molecule has 2 heteroatoms. The van der Waals surface area contributed by atoms with E-state index >= 15 is 0 Å². The van der Waals surface area contributed by atoms with Gasteiger partial charge in [-0.05, 0) is 26.2 Å². The molecule has 0 fully saturated rings. The summed E-state index contributed by atoms with van der Waals surface area (Å²) in [5.74, 6) is 0. The Kier molecular flexibility index (Phi) is 20.7. The molecule has 0 aromatic heterocycles. The average molecular weight is 214 g/mol. The predicted molar refractivity (Wildman–Crippen MR) is 66.7 cm³/mol. The van der Waals surface area contributed by atoms with Crippen LogP contribution >= 0.6 is 0 Å². The van der Waals surface area contributed by atoms with Gasteiger partial charge in [-0.25, -0.2) is 0 Å². The van der Waals surface area contributed by atoms with Crippen LogP contribution in [0.3, 0.4) is 0 Å². The van der Waals surface area contributed by atoms with Crippen LogP contribution in [-0.2, 0) is 9.47 Å². The molecule has 15 heavy (non-hydrogen) atoms. The first kappa shape index (κ1) is 16.5. The van der Waals surface area contributed by atoms with Gasteiger partial charge in [0.1, 0.15) is 0 Å². The van der Waals surface area contributed by atoms with E-state index in [1.54, 1.807) is 12.5 Å². The summed E-state index contributed by atoms with van der Waals surface area (Å²) >= 11 is 0. The van der Waals surface area contributed by atoms with Gasteiger partial charge in [0.15, 0.2) is 0 Å². The summed E-state index contributed by atoms with van der Waals surface area (Å²) in [6.07, 6.45) is 10.7. The minimum atomic E-state index is 0.774. The van der Waals surface area contributed by atoms with Crippen molar-refractivity contribution in [3.05, 3.63) is 24.7 Å². The van der Waals surface area contributed by atoms with Crippen LogP contribution in [0.25, 0.3) is 0 Å². The number of allylic oxidation sites excluding steroid dienone is 2. The van der Waals surface area contributed by atoms with Crippen molar-refractivity contribution in [3.8, 4) is 0 Å². The van der Waals surface area contributed by atoms with Gasteiger partial charge in [0.2, 0.25) is 0 Å². The quantitative estimate of drug-likeness (QED) is 0.465. The van der Waals surface area contributed by atoms with Crippen molar-refractivity contribution in [2.24, 2.45) is 0 Å². The summed E-state index contributed by atoms with van der Waals surface area (Å²) in [6.45, 7) is 9.86. The Morgan fingerprint density at radius 3 is 1.73 bits per heavy atom. The molecule has 0 aliphatic carbocycles. The van der Waals surface area contributed by atoms with Gasteiger partial charge in [0.25, 0.3) is 0 Å². The first-order valence-electron chi connectivity index (χ1n) is 5.86. The summed E-state index contributed by atoms with van der Waals surface area (Å²) in [5, 5.41) is 0. The van der Waals surface area contributed by atoms with Crippen molar-refractivity contribution in [1.82, 2.24) is 0 Å². The van der Waals surface area contributed by atoms with Crippen LogP contribution < -0.4 is 0 Å². The van der Waals surface area contributed by atoms with E-state index in [1.807, 2.05) is 19.1 Å². The molecule has 0 saturated heterocycles. The monoisotopic (exact) mass is 214 g/mol. The average Bonchev–Trinajstić information content (AvgIpc) is 2.26. The zero-order valence-electron chi connectivity index (χ0n) is 10.7. The third-order valence-corrected chi connectivity index (χ3v) is 1.34. The van der Waals surface area contributed by atoms with E-state index in [2.05, 4.69) is 20.8 Å². The number of ether oxygens (including phenoxy) is 2. The molecule has 0 saturated carbocycles. The fourth-order valence-electron chi connectivity index (χ4n) is 0.611. The highest BCUT2D eigenvalue weighted by Gasteiger charge is 1.72. The van der Waals surface area contributed by atoms with Gasteiger partial charge < -0.3 is 9.47 Å². The fourth-order valence-corrected chi connectivity index (χ4v) is 0.611. The SMILES string of the molecule is CCC=COCC.CCC=COCCC. The van der Waals surface area contributed by atoms with Crippen molar-refractivity contribution >= 4 is 0 Å². The van der Waals surface area contributed by atoms with Crippen molar-refractivity contribution in [1.29, 1.82) is 0 Å². The lowest BCUT2D eigenvalue weighted by Gasteiger charge is -1.92. The molecule has 90 valence electrons. The third-order valence-electron chi connectivity index (χ3n) is 1.34. The predicted octanol–water partition coefficient (Wildman–Crippen LogP) is 4.28. The van der Waals surface area contributed by atoms with Crippen molar-refractivity contribution < 1.29 is 9.47 Å². The van der Waals surface area contributed by atoms with Crippen LogP contribution in [0.1, 0.15) is 47.0 Å². The van der Waals surface area contributed by atoms with Gasteiger partial charge in [0.05, 0.1) is 25.7 Å². The molecule has 0 aromatic rings. The first-order chi connectivity index (χ1) is 7.33. The maximum absolute atomic E-state index is 5.04. The van der Waals surface area contributed by atoms with Gasteiger partial charge in [0, 0.05) is 0 Å². The van der Waals surface area contributed by atoms with E-state index in [0.717, 1.165) is 32.5 Å². The fraction of sp³-hybridized carbons (Fsp3) is 0.692. The minimum Gasteiger partial charge on any atom is -0.502 e. The Hall–Kier alpha value is -0.920. The highest BCUT2D eigenvalue weighted by molar-refractivity contribution is 4.70. The number of hydrogen-bond acceptors (Lipinski definition) is 2. The van der Waals surface area contributed by atoms with Crippen LogP contribution in [0.5, 0.6) is 0 Å². The van der Waals surface area contributed by atoms with Gasteiger partial charge in [-0.3, -0.25) is 0 Å². The normalized spacial score (nSPS) is 10.1. The molecule has 0 radical (unpaired) electrons. The zero-order chi connectivity index (χ0) is 11.8. The number of rotatable bonds is 7. The van der Waals surface area contributed by atoms with Crippen molar-refractivity contribution in [2.75, 3.05) is 13.2 Å². The maximum Gasteiger partial charge on any atom is 0.0870 e. The lowest BCUT2D eigenvalue weighted by Crippen LogP contribution is -1.81. The molecule has 0 rings (SSSR count). The summed E-state index contributed by atoms with van der Waals surface area (Å²) in [5.41, 5.74) is 0. The summed E-state index contributed by atoms with van der Waals surface area (Å²) in [7, 11) is 0. The van der Waals surface area contributed by atoms with Gasteiger partial charge in [-0.2, -0.15) is 0 Å². The standard InChI is InChI=1S/C7H14O.C6H12O/c1-3-5-7-8-6-4-2;1-3-5-6-7-4-2/h5,7H,3-4,6H2,1-2H3;5-6H,3-4H2,1-2H3. The van der Waals surface area contributed by atoms with E-state index in [9.17, 15) is 0 Å². The lowest BCUT2D eigenvalue weighted by atomic mass is 10.5. The molecule has 0 bridgehead atoms. The molecular formula is C13H26O2. The van der Waals surface area contributed by atoms with Crippen LogP contribution in [0.4, 0.5) is 0 Å². The second-order valence-corrected chi connectivity index (χ2v) is 2.89. The first-order valence-corrected chi connectivity index (χ1v) is 5.86. The molecule has 0 aromatic carbocycles. The van der Waals surface area contributed by atoms with Gasteiger partial charge in [-0.15, -0.1) is 0 Å². The van der Waals surface area contributed by atoms with Crippen LogP contribution in [0.15, 0.2) is 24.7 Å². The Balaban J connectivity index is 0. The van der Waals surface area contributed by atoms with Crippen molar-refractivity contribution in [3.63, 3.8) is 0 Å². The van der Waals surface area contributed by atoms with Crippen LogP contribution in [0, 0.1) is 0 Å². The highest BCUT2D eigenvalue weighted by Crippen LogP contribution is 1.83. The molecule has 0 unspecified atom stereocenters. The molecular weight excluding hydrogens is 188 g/mol. The van der Waals surface area contributed by atoms with E-state index in [-0.39, 0.29) is 0 Å². The van der Waals surface area contributed by atoms with E-state index in [0.29, 0.717) is 0 Å². The topological polar surface area (TPSA) is 18.5 Å². The third kappa shape index (κ3) is 24.6. The summed E-state index contributed by atoms with van der Waals surface area (Å²) < 4.78 is 9.94. The van der Waals surface area contributed by atoms with E-state index in [1.165, 1.54) is 0 Å². The van der Waals surface area contributed by atoms with E-state index < -0.39 is 0 Å². The molecule has 0 aliphatic rings.